The third kappa shape index (κ3) is 40.5. The van der Waals surface area contributed by atoms with Crippen LogP contribution in [0, 0.1) is 0 Å². The van der Waals surface area contributed by atoms with Crippen LogP contribution in [0.4, 0.5) is 0 Å². The van der Waals surface area contributed by atoms with Crippen molar-refractivity contribution in [3.05, 3.63) is 146 Å². The van der Waals surface area contributed by atoms with Crippen molar-refractivity contribution in [2.45, 2.75) is 192 Å². The van der Waals surface area contributed by atoms with Crippen molar-refractivity contribution in [3.63, 3.8) is 0 Å². The highest BCUT2D eigenvalue weighted by molar-refractivity contribution is 7.80. The Morgan fingerprint density at radius 3 is 1.32 bits per heavy atom. The zero-order valence-electron chi connectivity index (χ0n) is 43.7. The number of aliphatic hydroxyl groups excluding tert-OH is 3. The van der Waals surface area contributed by atoms with Gasteiger partial charge in [0, 0.05) is 13.0 Å². The Kier molecular flexibility index (Phi) is 44.0. The molecule has 12 nitrogen and oxygen atoms in total. The van der Waals surface area contributed by atoms with E-state index in [1.54, 1.807) is 0 Å². The maximum Gasteiger partial charge on any atom is 0.397 e. The average Bonchev–Trinajstić information content (AvgIpc) is 3.36. The Labute approximate surface area is 435 Å². The van der Waals surface area contributed by atoms with Gasteiger partial charge >= 0.3 is 16.4 Å². The third-order valence-electron chi connectivity index (χ3n) is 11.0. The molecule has 1 saturated heterocycles. The Bertz CT molecular complexity index is 1800. The van der Waals surface area contributed by atoms with E-state index in [1.165, 1.54) is 0 Å². The molecule has 72 heavy (non-hydrogen) atoms. The molecule has 0 spiro atoms. The minimum absolute atomic E-state index is 0.00679. The predicted molar refractivity (Wildman–Crippen MR) is 293 cm³/mol. The normalized spacial score (nSPS) is 20.1. The lowest BCUT2D eigenvalue weighted by Gasteiger charge is -2.41. The van der Waals surface area contributed by atoms with E-state index in [4.69, 9.17) is 18.9 Å². The van der Waals surface area contributed by atoms with Gasteiger partial charge in [-0.15, -0.1) is 0 Å². The number of carbonyl (C=O) groups is 1. The van der Waals surface area contributed by atoms with E-state index in [0.717, 1.165) is 128 Å². The van der Waals surface area contributed by atoms with Gasteiger partial charge < -0.3 is 34.3 Å². The number of aliphatic hydroxyl groups is 3. The van der Waals surface area contributed by atoms with E-state index < -0.39 is 59.8 Å². The quantitative estimate of drug-likeness (QED) is 0.0197. The van der Waals surface area contributed by atoms with Crippen LogP contribution in [0.2, 0.25) is 0 Å². The first-order valence-corrected chi connectivity index (χ1v) is 28.0. The number of rotatable bonds is 44. The smallest absolute Gasteiger partial charge is 0.397 e. The number of allylic oxidation sites excluding steroid dienone is 24. The van der Waals surface area contributed by atoms with E-state index in [2.05, 4.69) is 164 Å². The summed E-state index contributed by atoms with van der Waals surface area (Å²) in [5.41, 5.74) is 0. The van der Waals surface area contributed by atoms with E-state index in [1.807, 2.05) is 0 Å². The Hall–Kier alpha value is -4.02. The summed E-state index contributed by atoms with van der Waals surface area (Å²) in [6.07, 6.45) is 63.0. The minimum atomic E-state index is -5.09. The van der Waals surface area contributed by atoms with Gasteiger partial charge in [-0.3, -0.25) is 9.35 Å². The zero-order valence-corrected chi connectivity index (χ0v) is 44.5. The fraction of sp³-hybridized carbons (Fsp3) is 0.576. The van der Waals surface area contributed by atoms with Crippen LogP contribution in [-0.2, 0) is 38.3 Å². The molecule has 0 aromatic carbocycles. The summed E-state index contributed by atoms with van der Waals surface area (Å²) in [7, 11) is -5.09. The molecule has 0 aromatic rings. The molecular formula is C59H92O12S. The van der Waals surface area contributed by atoms with E-state index in [9.17, 15) is 33.1 Å². The van der Waals surface area contributed by atoms with Gasteiger partial charge in [0.1, 0.15) is 30.5 Å². The largest absolute Gasteiger partial charge is 0.457 e. The first-order valence-electron chi connectivity index (χ1n) is 26.6. The second-order valence-electron chi connectivity index (χ2n) is 17.3. The van der Waals surface area contributed by atoms with Crippen LogP contribution in [0.3, 0.4) is 0 Å². The number of hydrogen-bond acceptors (Lipinski definition) is 11. The highest BCUT2D eigenvalue weighted by atomic mass is 32.3. The second kappa shape index (κ2) is 48.0. The van der Waals surface area contributed by atoms with Gasteiger partial charge in [0.25, 0.3) is 0 Å². The molecule has 1 aliphatic rings. The van der Waals surface area contributed by atoms with Gasteiger partial charge in [0.2, 0.25) is 0 Å². The summed E-state index contributed by atoms with van der Waals surface area (Å²) in [6.45, 7) is 3.63. The summed E-state index contributed by atoms with van der Waals surface area (Å²) >= 11 is 0. The summed E-state index contributed by atoms with van der Waals surface area (Å²) in [5, 5.41) is 30.8. The van der Waals surface area contributed by atoms with E-state index in [0.29, 0.717) is 13.0 Å². The summed E-state index contributed by atoms with van der Waals surface area (Å²) in [5.74, 6) is -0.447. The Morgan fingerprint density at radius 2 is 0.917 bits per heavy atom. The SMILES string of the molecule is CC/C=C\C/C=C\C/C=C\C/C=C\C/C=C\C/C=C\C/C=C\CCCCCC(=O)OC(COCCCCCC/C=C\C/C=C\C/C=C\C/C=C\C/C=C\CC)COC1OC(CO)C(O)C(OS(=O)(=O)O)C1O. The number of hydrogen-bond donors (Lipinski definition) is 4. The molecule has 0 aromatic heterocycles. The number of esters is 1. The lowest BCUT2D eigenvalue weighted by molar-refractivity contribution is -0.301. The Morgan fingerprint density at radius 1 is 0.528 bits per heavy atom. The fourth-order valence-corrected chi connectivity index (χ4v) is 7.54. The monoisotopic (exact) mass is 1020 g/mol. The van der Waals surface area contributed by atoms with Crippen molar-refractivity contribution in [3.8, 4) is 0 Å². The summed E-state index contributed by atoms with van der Waals surface area (Å²) in [4.78, 5) is 12.9. The minimum Gasteiger partial charge on any atom is -0.457 e. The molecule has 13 heteroatoms. The van der Waals surface area contributed by atoms with Crippen LogP contribution in [0.5, 0.6) is 0 Å². The van der Waals surface area contributed by atoms with Crippen molar-refractivity contribution in [1.82, 2.24) is 0 Å². The average molecular weight is 1030 g/mol. The number of ether oxygens (including phenoxy) is 4. The lowest BCUT2D eigenvalue weighted by atomic mass is 9.99. The Balaban J connectivity index is 2.42. The van der Waals surface area contributed by atoms with Crippen molar-refractivity contribution in [2.24, 2.45) is 0 Å². The van der Waals surface area contributed by atoms with Crippen LogP contribution >= 0.6 is 0 Å². The van der Waals surface area contributed by atoms with Crippen molar-refractivity contribution >= 4 is 16.4 Å². The molecule has 4 N–H and O–H groups in total. The molecule has 0 bridgehead atoms. The summed E-state index contributed by atoms with van der Waals surface area (Å²) in [6, 6.07) is 0. The molecule has 1 aliphatic heterocycles. The predicted octanol–water partition coefficient (Wildman–Crippen LogP) is 12.9. The molecular weight excluding hydrogens is 933 g/mol. The van der Waals surface area contributed by atoms with Crippen molar-refractivity contribution in [2.75, 3.05) is 26.4 Å². The number of unbranched alkanes of at least 4 members (excludes halogenated alkanes) is 7. The molecule has 6 unspecified atom stereocenters. The maximum atomic E-state index is 12.9. The highest BCUT2D eigenvalue weighted by Crippen LogP contribution is 2.26. The topological polar surface area (TPSA) is 178 Å². The third-order valence-corrected chi connectivity index (χ3v) is 11.4. The van der Waals surface area contributed by atoms with Gasteiger partial charge in [0.15, 0.2) is 6.29 Å². The van der Waals surface area contributed by atoms with Crippen molar-refractivity contribution < 1.29 is 56.2 Å². The van der Waals surface area contributed by atoms with Crippen LogP contribution in [-0.4, -0.2) is 97.5 Å². The first-order chi connectivity index (χ1) is 35.1. The highest BCUT2D eigenvalue weighted by Gasteiger charge is 2.48. The van der Waals surface area contributed by atoms with Gasteiger partial charge in [-0.05, 0) is 116 Å². The van der Waals surface area contributed by atoms with Crippen LogP contribution in [0.15, 0.2) is 146 Å². The molecule has 406 valence electrons. The van der Waals surface area contributed by atoms with E-state index >= 15 is 0 Å². The second-order valence-corrected chi connectivity index (χ2v) is 18.4. The van der Waals surface area contributed by atoms with Gasteiger partial charge in [-0.25, -0.2) is 4.18 Å². The molecule has 1 fully saturated rings. The van der Waals surface area contributed by atoms with Crippen LogP contribution < -0.4 is 0 Å². The lowest BCUT2D eigenvalue weighted by Crippen LogP contribution is -2.60. The summed E-state index contributed by atoms with van der Waals surface area (Å²) < 4.78 is 59.2. The van der Waals surface area contributed by atoms with E-state index in [-0.39, 0.29) is 19.6 Å². The standard InChI is InChI=1S/C59H92O12S/c1-3-5-7-9-11-13-15-17-19-21-23-25-26-27-28-29-30-32-34-36-38-40-42-44-46-48-55(61)69-53(52-68-59-57(63)58(71-72(64,65)66)56(62)54(50-60)70-59)51-67-49-47-45-43-41-39-37-35-33-31-24-22-20-18-16-14-12-10-8-6-4-2/h5-8,11-14,17-20,23-25,27-28,30-32,35-38,53-54,56-60,62-63H,3-4,9-10,15-16,21-22,26,29,33-34,39-52H2,1-2H3,(H,64,65,66)/b7-5-,8-6-,13-11-,14-12-,19-17-,20-18-,25-23-,28-27-,31-24-,32-30-,37-35-,38-36-. The zero-order chi connectivity index (χ0) is 52.4. The molecule has 6 atom stereocenters. The van der Waals surface area contributed by atoms with Gasteiger partial charge in [-0.2, -0.15) is 8.42 Å². The molecule has 0 saturated carbocycles. The van der Waals surface area contributed by atoms with Crippen molar-refractivity contribution in [1.29, 1.82) is 0 Å². The molecule has 0 aliphatic carbocycles. The van der Waals surface area contributed by atoms with Crippen LogP contribution in [0.1, 0.15) is 155 Å². The fourth-order valence-electron chi connectivity index (χ4n) is 7.03. The molecule has 1 rings (SSSR count). The molecule has 1 heterocycles. The van der Waals surface area contributed by atoms with Gasteiger partial charge in [0.05, 0.1) is 19.8 Å². The van der Waals surface area contributed by atoms with Crippen LogP contribution in [0.25, 0.3) is 0 Å². The number of carbonyl (C=O) groups excluding carboxylic acids is 1. The molecule has 0 amide bonds. The maximum absolute atomic E-state index is 12.9. The van der Waals surface area contributed by atoms with Gasteiger partial charge in [-0.1, -0.05) is 179 Å². The first kappa shape index (κ1) is 66.0. The molecule has 0 radical (unpaired) electrons.